The molecule has 2 heterocycles. The van der Waals surface area contributed by atoms with E-state index in [0.29, 0.717) is 24.4 Å². The van der Waals surface area contributed by atoms with Crippen molar-refractivity contribution in [3.8, 4) is 0 Å². The molecule has 0 bridgehead atoms. The second kappa shape index (κ2) is 8.22. The number of imidazole rings is 1. The van der Waals surface area contributed by atoms with Crippen LogP contribution < -0.4 is 5.32 Å². The zero-order valence-corrected chi connectivity index (χ0v) is 17.4. The number of aromatic nitrogens is 2. The second-order valence-corrected chi connectivity index (χ2v) is 8.00. The lowest BCUT2D eigenvalue weighted by Crippen LogP contribution is -2.32. The van der Waals surface area contributed by atoms with Gasteiger partial charge in [-0.15, -0.1) is 0 Å². The highest BCUT2D eigenvalue weighted by atomic mass is 16.4. The van der Waals surface area contributed by atoms with Crippen molar-refractivity contribution in [2.45, 2.75) is 32.4 Å². The Balaban J connectivity index is 1.54. The number of benzene rings is 2. The van der Waals surface area contributed by atoms with Gasteiger partial charge in [0.1, 0.15) is 5.82 Å². The van der Waals surface area contributed by atoms with Crippen LogP contribution in [0.3, 0.4) is 0 Å². The lowest BCUT2D eigenvalue weighted by atomic mass is 9.92. The molecule has 1 aliphatic rings. The number of H-pyrrole nitrogens is 1. The molecule has 0 aliphatic carbocycles. The van der Waals surface area contributed by atoms with Gasteiger partial charge >= 0.3 is 5.97 Å². The van der Waals surface area contributed by atoms with Crippen LogP contribution >= 0.6 is 0 Å². The molecule has 3 N–H and O–H groups in total. The molecule has 0 saturated heterocycles. The van der Waals surface area contributed by atoms with Gasteiger partial charge in [0.2, 0.25) is 5.91 Å². The Kier molecular flexibility index (Phi) is 5.46. The number of carbonyl (C=O) groups is 3. The molecular formula is C23H24N4O4. The maximum Gasteiger partial charge on any atom is 0.304 e. The Morgan fingerprint density at radius 3 is 2.74 bits per heavy atom. The van der Waals surface area contributed by atoms with Gasteiger partial charge in [-0.25, -0.2) is 4.98 Å². The third-order valence-corrected chi connectivity index (χ3v) is 5.65. The lowest BCUT2D eigenvalue weighted by molar-refractivity contribution is -0.141. The van der Waals surface area contributed by atoms with Gasteiger partial charge in [-0.05, 0) is 48.7 Å². The molecule has 0 fully saturated rings. The molecule has 2 unspecified atom stereocenters. The number of carbonyl (C=O) groups excluding carboxylic acids is 2. The fourth-order valence-corrected chi connectivity index (χ4v) is 4.06. The summed E-state index contributed by atoms with van der Waals surface area (Å²) in [6, 6.07) is 12.7. The van der Waals surface area contributed by atoms with Crippen LogP contribution in [0.2, 0.25) is 0 Å². The molecular weight excluding hydrogens is 396 g/mol. The predicted molar refractivity (Wildman–Crippen MR) is 114 cm³/mol. The number of fused-ring (bicyclic) bond motifs is 2. The zero-order chi connectivity index (χ0) is 22.1. The quantitative estimate of drug-likeness (QED) is 0.587. The van der Waals surface area contributed by atoms with Crippen molar-refractivity contribution in [1.82, 2.24) is 20.2 Å². The van der Waals surface area contributed by atoms with Crippen LogP contribution in [-0.4, -0.2) is 44.8 Å². The molecule has 0 saturated carbocycles. The van der Waals surface area contributed by atoms with Gasteiger partial charge < -0.3 is 20.3 Å². The molecule has 4 rings (SSSR count). The minimum Gasteiger partial charge on any atom is -0.481 e. The van der Waals surface area contributed by atoms with Crippen molar-refractivity contribution in [2.24, 2.45) is 5.92 Å². The Morgan fingerprint density at radius 1 is 1.23 bits per heavy atom. The summed E-state index contributed by atoms with van der Waals surface area (Å²) in [5.41, 5.74) is 4.00. The molecule has 160 valence electrons. The molecule has 1 aliphatic heterocycles. The maximum atomic E-state index is 13.0. The Bertz CT molecular complexity index is 1140. The van der Waals surface area contributed by atoms with Gasteiger partial charge in [0.05, 0.1) is 36.0 Å². The summed E-state index contributed by atoms with van der Waals surface area (Å²) in [4.78, 5) is 45.8. The lowest BCUT2D eigenvalue weighted by Gasteiger charge is -2.19. The molecule has 2 aromatic carbocycles. The number of carboxylic acid groups (broad SMARTS) is 1. The van der Waals surface area contributed by atoms with Gasteiger partial charge in [0, 0.05) is 12.6 Å². The summed E-state index contributed by atoms with van der Waals surface area (Å²) in [6.07, 6.45) is 0.111. The van der Waals surface area contributed by atoms with Crippen molar-refractivity contribution >= 4 is 28.8 Å². The van der Waals surface area contributed by atoms with Gasteiger partial charge in [-0.3, -0.25) is 14.4 Å². The van der Waals surface area contributed by atoms with Crippen LogP contribution in [0.25, 0.3) is 11.0 Å². The maximum absolute atomic E-state index is 13.0. The molecule has 31 heavy (non-hydrogen) atoms. The predicted octanol–water partition coefficient (Wildman–Crippen LogP) is 2.66. The van der Waals surface area contributed by atoms with Crippen LogP contribution in [0.5, 0.6) is 0 Å². The minimum absolute atomic E-state index is 0.159. The van der Waals surface area contributed by atoms with Crippen LogP contribution in [0.4, 0.5) is 0 Å². The number of rotatable bonds is 5. The number of amides is 2. The smallest absolute Gasteiger partial charge is 0.304 e. The number of nitrogens with zero attached hydrogens (tertiary/aromatic N) is 2. The second-order valence-electron chi connectivity index (χ2n) is 8.00. The van der Waals surface area contributed by atoms with Gasteiger partial charge in [-0.2, -0.15) is 0 Å². The van der Waals surface area contributed by atoms with Gasteiger partial charge in [0.25, 0.3) is 5.91 Å². The van der Waals surface area contributed by atoms with Crippen LogP contribution in [-0.2, 0) is 22.6 Å². The first-order chi connectivity index (χ1) is 14.8. The number of nitrogens with one attached hydrogen (secondary N) is 2. The topological polar surface area (TPSA) is 115 Å². The third-order valence-electron chi connectivity index (χ3n) is 5.65. The highest BCUT2D eigenvalue weighted by Crippen LogP contribution is 2.28. The van der Waals surface area contributed by atoms with E-state index in [4.69, 9.17) is 5.11 Å². The van der Waals surface area contributed by atoms with E-state index >= 15 is 0 Å². The van der Waals surface area contributed by atoms with Crippen molar-refractivity contribution < 1.29 is 19.5 Å². The van der Waals surface area contributed by atoms with E-state index in [9.17, 15) is 14.4 Å². The molecule has 0 radical (unpaired) electrons. The van der Waals surface area contributed by atoms with Crippen LogP contribution in [0.1, 0.15) is 46.7 Å². The van der Waals surface area contributed by atoms with Crippen molar-refractivity contribution in [2.75, 3.05) is 7.05 Å². The fourth-order valence-electron chi connectivity index (χ4n) is 4.06. The van der Waals surface area contributed by atoms with Crippen LogP contribution in [0.15, 0.2) is 42.5 Å². The number of aromatic amines is 1. The fraction of sp³-hybridized carbons (Fsp3) is 0.304. The first-order valence-electron chi connectivity index (χ1n) is 10.2. The molecule has 2 atom stereocenters. The molecule has 8 heteroatoms. The SMILES string of the molecule is CC1NC(=O)C(CC(=O)O)Cc2ccc(C(=O)N(C)Cc3nc4ccccc4[nH]3)cc21. The summed E-state index contributed by atoms with van der Waals surface area (Å²) >= 11 is 0. The standard InChI is InChI=1S/C23H24N4O4/c1-13-17-10-15(8-7-14(17)9-16(11-21(28)29)22(30)24-13)23(31)27(2)12-20-25-18-5-3-4-6-19(18)26-20/h3-8,10,13,16H,9,11-12H2,1-2H3,(H,24,30)(H,25,26)(H,28,29). The van der Waals surface area contributed by atoms with Crippen LogP contribution in [0, 0.1) is 5.92 Å². The summed E-state index contributed by atoms with van der Waals surface area (Å²) in [7, 11) is 1.72. The highest BCUT2D eigenvalue weighted by molar-refractivity contribution is 5.94. The Morgan fingerprint density at radius 2 is 2.00 bits per heavy atom. The van der Waals surface area contributed by atoms with Crippen molar-refractivity contribution in [1.29, 1.82) is 0 Å². The molecule has 8 nitrogen and oxygen atoms in total. The number of carboxylic acids is 1. The average Bonchev–Trinajstić information content (AvgIpc) is 3.09. The van der Waals surface area contributed by atoms with E-state index < -0.39 is 11.9 Å². The van der Waals surface area contributed by atoms with E-state index in [2.05, 4.69) is 15.3 Å². The Labute approximate surface area is 179 Å². The van der Waals surface area contributed by atoms with E-state index in [1.165, 1.54) is 0 Å². The average molecular weight is 420 g/mol. The third kappa shape index (κ3) is 4.28. The monoisotopic (exact) mass is 420 g/mol. The normalized spacial score (nSPS) is 18.2. The van der Waals surface area contributed by atoms with E-state index in [1.54, 1.807) is 24.1 Å². The molecule has 2 amide bonds. The number of para-hydroxylation sites is 2. The largest absolute Gasteiger partial charge is 0.481 e. The summed E-state index contributed by atoms with van der Waals surface area (Å²) in [5.74, 6) is -1.37. The van der Waals surface area contributed by atoms with Crippen molar-refractivity contribution in [3.63, 3.8) is 0 Å². The van der Waals surface area contributed by atoms with Gasteiger partial charge in [0.15, 0.2) is 0 Å². The number of hydrogen-bond donors (Lipinski definition) is 3. The van der Waals surface area contributed by atoms with E-state index in [1.807, 2.05) is 37.3 Å². The molecule has 3 aromatic rings. The first-order valence-corrected chi connectivity index (χ1v) is 10.2. The number of aliphatic carboxylic acids is 1. The highest BCUT2D eigenvalue weighted by Gasteiger charge is 2.29. The number of hydrogen-bond acceptors (Lipinski definition) is 4. The molecule has 0 spiro atoms. The summed E-state index contributed by atoms with van der Waals surface area (Å²) in [6.45, 7) is 2.17. The molecule has 1 aromatic heterocycles. The van der Waals surface area contributed by atoms with Gasteiger partial charge in [-0.1, -0.05) is 18.2 Å². The van der Waals surface area contributed by atoms with E-state index in [-0.39, 0.29) is 24.3 Å². The zero-order valence-electron chi connectivity index (χ0n) is 17.4. The van der Waals surface area contributed by atoms with E-state index in [0.717, 1.165) is 22.2 Å². The summed E-state index contributed by atoms with van der Waals surface area (Å²) in [5, 5.41) is 12.0. The summed E-state index contributed by atoms with van der Waals surface area (Å²) < 4.78 is 0. The minimum atomic E-state index is -1.00. The Hall–Kier alpha value is -3.68. The van der Waals surface area contributed by atoms with Crippen molar-refractivity contribution in [3.05, 3.63) is 65.0 Å². The first kappa shape index (κ1) is 20.6.